The highest BCUT2D eigenvalue weighted by atomic mass is 28.4. The standard InChI is InChI=1S/C9H17F5OSi/c1-7(2,3)16(4,5)15-6-8(10,11)9(12,13)14/h6H2,1-5H3. The predicted octanol–water partition coefficient (Wildman–Crippen LogP) is 4.21. The summed E-state index contributed by atoms with van der Waals surface area (Å²) in [6.07, 6.45) is -5.55. The lowest BCUT2D eigenvalue weighted by atomic mass is 10.2. The molecule has 0 atom stereocenters. The number of halogens is 5. The Morgan fingerprint density at radius 1 is 0.938 bits per heavy atom. The summed E-state index contributed by atoms with van der Waals surface area (Å²) in [4.78, 5) is 0. The third kappa shape index (κ3) is 3.69. The van der Waals surface area contributed by atoms with Gasteiger partial charge in [0.15, 0.2) is 8.32 Å². The maximum absolute atomic E-state index is 12.6. The second kappa shape index (κ2) is 4.25. The SMILES string of the molecule is CC(C)(C)[Si](C)(C)OCC(F)(F)C(F)(F)F. The molecule has 7 heteroatoms. The van der Waals surface area contributed by atoms with Gasteiger partial charge in [-0.2, -0.15) is 22.0 Å². The van der Waals surface area contributed by atoms with Crippen molar-refractivity contribution in [1.82, 2.24) is 0 Å². The Labute approximate surface area is 93.1 Å². The van der Waals surface area contributed by atoms with Crippen molar-refractivity contribution in [2.75, 3.05) is 6.61 Å². The molecule has 0 unspecified atom stereocenters. The minimum absolute atomic E-state index is 0.394. The third-order valence-electron chi connectivity index (χ3n) is 2.84. The van der Waals surface area contributed by atoms with Crippen molar-refractivity contribution in [2.45, 2.75) is 51.0 Å². The maximum Gasteiger partial charge on any atom is 0.455 e. The molecular weight excluding hydrogens is 247 g/mol. The first kappa shape index (κ1) is 15.8. The molecule has 0 aliphatic heterocycles. The Morgan fingerprint density at radius 2 is 1.31 bits per heavy atom. The summed E-state index contributed by atoms with van der Waals surface area (Å²) in [6, 6.07) is 0. The van der Waals surface area contributed by atoms with Crippen LogP contribution in [0.3, 0.4) is 0 Å². The van der Waals surface area contributed by atoms with Gasteiger partial charge in [0, 0.05) is 0 Å². The molecule has 0 amide bonds. The zero-order valence-electron chi connectivity index (χ0n) is 10.0. The molecule has 0 aromatic heterocycles. The van der Waals surface area contributed by atoms with Gasteiger partial charge in [-0.25, -0.2) is 0 Å². The van der Waals surface area contributed by atoms with E-state index in [1.807, 2.05) is 0 Å². The zero-order chi connectivity index (χ0) is 13.4. The Kier molecular flexibility index (Phi) is 4.20. The van der Waals surface area contributed by atoms with Gasteiger partial charge in [-0.3, -0.25) is 0 Å². The molecular formula is C9H17F5OSi. The zero-order valence-corrected chi connectivity index (χ0v) is 11.0. The van der Waals surface area contributed by atoms with Gasteiger partial charge in [0.25, 0.3) is 0 Å². The highest BCUT2D eigenvalue weighted by Crippen LogP contribution is 2.40. The lowest BCUT2D eigenvalue weighted by molar-refractivity contribution is -0.290. The van der Waals surface area contributed by atoms with Crippen LogP contribution < -0.4 is 0 Å². The van der Waals surface area contributed by atoms with Gasteiger partial charge >= 0.3 is 12.1 Å². The highest BCUT2D eigenvalue weighted by Gasteiger charge is 2.58. The van der Waals surface area contributed by atoms with Crippen molar-refractivity contribution in [3.63, 3.8) is 0 Å². The average Bonchev–Trinajstić information content (AvgIpc) is 1.97. The summed E-state index contributed by atoms with van der Waals surface area (Å²) in [6.45, 7) is 6.97. The topological polar surface area (TPSA) is 9.23 Å². The van der Waals surface area contributed by atoms with E-state index in [9.17, 15) is 22.0 Å². The molecule has 0 fully saturated rings. The molecule has 98 valence electrons. The van der Waals surface area contributed by atoms with Crippen molar-refractivity contribution in [3.8, 4) is 0 Å². The molecule has 0 saturated heterocycles. The van der Waals surface area contributed by atoms with Crippen LogP contribution in [0, 0.1) is 0 Å². The van der Waals surface area contributed by atoms with Gasteiger partial charge in [0.2, 0.25) is 0 Å². The van der Waals surface area contributed by atoms with E-state index in [4.69, 9.17) is 4.43 Å². The largest absolute Gasteiger partial charge is 0.455 e. The molecule has 0 heterocycles. The van der Waals surface area contributed by atoms with Crippen molar-refractivity contribution in [2.24, 2.45) is 0 Å². The van der Waals surface area contributed by atoms with Gasteiger partial charge in [-0.15, -0.1) is 0 Å². The third-order valence-corrected chi connectivity index (χ3v) is 7.31. The van der Waals surface area contributed by atoms with Crippen LogP contribution >= 0.6 is 0 Å². The van der Waals surface area contributed by atoms with Crippen LogP contribution in [0.1, 0.15) is 20.8 Å². The van der Waals surface area contributed by atoms with Gasteiger partial charge in [0.1, 0.15) is 6.61 Å². The minimum Gasteiger partial charge on any atom is -0.410 e. The van der Waals surface area contributed by atoms with Crippen LogP contribution in [0.2, 0.25) is 18.1 Å². The normalized spacial score (nSPS) is 15.4. The van der Waals surface area contributed by atoms with Crippen molar-refractivity contribution >= 4 is 8.32 Å². The summed E-state index contributed by atoms with van der Waals surface area (Å²) in [5.74, 6) is -4.78. The number of alkyl halides is 5. The summed E-state index contributed by atoms with van der Waals surface area (Å²) in [7, 11) is -2.57. The van der Waals surface area contributed by atoms with Gasteiger partial charge < -0.3 is 4.43 Å². The predicted molar refractivity (Wildman–Crippen MR) is 54.2 cm³/mol. The first-order valence-corrected chi connectivity index (χ1v) is 7.70. The van der Waals surface area contributed by atoms with Crippen molar-refractivity contribution in [1.29, 1.82) is 0 Å². The van der Waals surface area contributed by atoms with Gasteiger partial charge in [0.05, 0.1) is 0 Å². The molecule has 0 aliphatic carbocycles. The molecule has 0 aromatic carbocycles. The molecule has 0 N–H and O–H groups in total. The highest BCUT2D eigenvalue weighted by molar-refractivity contribution is 6.74. The second-order valence-electron chi connectivity index (χ2n) is 5.25. The van der Waals surface area contributed by atoms with E-state index in [0.717, 1.165) is 0 Å². The van der Waals surface area contributed by atoms with E-state index >= 15 is 0 Å². The lowest BCUT2D eigenvalue weighted by Gasteiger charge is -2.37. The van der Waals surface area contributed by atoms with E-state index in [1.165, 1.54) is 0 Å². The van der Waals surface area contributed by atoms with E-state index in [-0.39, 0.29) is 0 Å². The van der Waals surface area contributed by atoms with Crippen LogP contribution in [0.4, 0.5) is 22.0 Å². The monoisotopic (exact) mass is 264 g/mol. The van der Waals surface area contributed by atoms with Gasteiger partial charge in [-0.05, 0) is 18.1 Å². The van der Waals surface area contributed by atoms with E-state index in [2.05, 4.69) is 0 Å². The first-order chi connectivity index (χ1) is 6.71. The smallest absolute Gasteiger partial charge is 0.410 e. The minimum atomic E-state index is -5.55. The molecule has 0 aromatic rings. The molecule has 0 rings (SSSR count). The summed E-state index contributed by atoms with van der Waals surface area (Å²) in [5, 5.41) is -0.394. The molecule has 0 bridgehead atoms. The molecule has 16 heavy (non-hydrogen) atoms. The molecule has 0 aliphatic rings. The number of hydrogen-bond donors (Lipinski definition) is 0. The summed E-state index contributed by atoms with van der Waals surface area (Å²) in [5.41, 5.74) is 0. The Balaban J connectivity index is 4.59. The quantitative estimate of drug-likeness (QED) is 0.548. The van der Waals surface area contributed by atoms with Crippen molar-refractivity contribution in [3.05, 3.63) is 0 Å². The molecule has 0 spiro atoms. The Hall–Kier alpha value is -0.173. The summed E-state index contributed by atoms with van der Waals surface area (Å²) >= 11 is 0. The molecule has 0 saturated carbocycles. The van der Waals surface area contributed by atoms with Gasteiger partial charge in [-0.1, -0.05) is 20.8 Å². The van der Waals surface area contributed by atoms with E-state index in [1.54, 1.807) is 33.9 Å². The fraction of sp³-hybridized carbons (Fsp3) is 1.00. The lowest BCUT2D eigenvalue weighted by Crippen LogP contribution is -2.48. The van der Waals surface area contributed by atoms with Crippen LogP contribution in [-0.2, 0) is 4.43 Å². The Morgan fingerprint density at radius 3 is 1.56 bits per heavy atom. The number of hydrogen-bond acceptors (Lipinski definition) is 1. The van der Waals surface area contributed by atoms with E-state index in [0.29, 0.717) is 0 Å². The van der Waals surface area contributed by atoms with Crippen LogP contribution in [0.15, 0.2) is 0 Å². The number of rotatable bonds is 3. The molecule has 0 radical (unpaired) electrons. The van der Waals surface area contributed by atoms with Crippen LogP contribution in [0.5, 0.6) is 0 Å². The fourth-order valence-electron chi connectivity index (χ4n) is 0.569. The van der Waals surface area contributed by atoms with Crippen LogP contribution in [-0.4, -0.2) is 27.0 Å². The van der Waals surface area contributed by atoms with Crippen LogP contribution in [0.25, 0.3) is 0 Å². The summed E-state index contributed by atoms with van der Waals surface area (Å²) < 4.78 is 65.8. The second-order valence-corrected chi connectivity index (χ2v) is 10.1. The van der Waals surface area contributed by atoms with E-state index < -0.39 is 32.1 Å². The fourth-order valence-corrected chi connectivity index (χ4v) is 1.54. The Bertz CT molecular complexity index is 215. The molecule has 1 nitrogen and oxygen atoms in total. The van der Waals surface area contributed by atoms with Crippen molar-refractivity contribution < 1.29 is 26.4 Å². The average molecular weight is 264 g/mol. The first-order valence-electron chi connectivity index (χ1n) is 4.79. The maximum atomic E-state index is 12.6.